The molecule has 248 valence electrons. The zero-order valence-electron chi connectivity index (χ0n) is 26.3. The largest absolute Gasteiger partial charge is 0.487 e. The highest BCUT2D eigenvalue weighted by Crippen LogP contribution is 2.46. The quantitative estimate of drug-likeness (QED) is 0.204. The van der Waals surface area contributed by atoms with Crippen LogP contribution in [-0.2, 0) is 29.0 Å². The number of hydrogen-bond acceptors (Lipinski definition) is 9. The Hall–Kier alpha value is -4.10. The van der Waals surface area contributed by atoms with Gasteiger partial charge >= 0.3 is 0 Å². The molecule has 1 aliphatic carbocycles. The van der Waals surface area contributed by atoms with Crippen LogP contribution in [0.2, 0.25) is 5.02 Å². The molecule has 0 unspecified atom stereocenters. The van der Waals surface area contributed by atoms with E-state index in [1.54, 1.807) is 35.9 Å². The monoisotopic (exact) mass is 687 g/mol. The van der Waals surface area contributed by atoms with E-state index in [0.717, 1.165) is 84.8 Å². The van der Waals surface area contributed by atoms with E-state index >= 15 is 0 Å². The van der Waals surface area contributed by atoms with E-state index in [1.807, 2.05) is 17.0 Å². The molecule has 2 saturated heterocycles. The van der Waals surface area contributed by atoms with Crippen molar-refractivity contribution in [1.29, 1.82) is 0 Å². The molecular formula is C35H35ClFN7O3S. The lowest BCUT2D eigenvalue weighted by atomic mass is 9.95. The number of likely N-dealkylation sites (tertiary alicyclic amines) is 1. The Balaban J connectivity index is 0.962. The molecule has 3 aromatic heterocycles. The van der Waals surface area contributed by atoms with E-state index in [4.69, 9.17) is 26.2 Å². The highest BCUT2D eigenvalue weighted by molar-refractivity contribution is 7.22. The van der Waals surface area contributed by atoms with Crippen LogP contribution in [0.5, 0.6) is 5.75 Å². The zero-order valence-corrected chi connectivity index (χ0v) is 27.9. The molecule has 8 rings (SSSR count). The van der Waals surface area contributed by atoms with Gasteiger partial charge in [-0.25, -0.2) is 14.4 Å². The Labute approximate surface area is 286 Å². The molecule has 2 aromatic carbocycles. The first kappa shape index (κ1) is 31.2. The van der Waals surface area contributed by atoms with E-state index in [1.165, 1.54) is 28.1 Å². The summed E-state index contributed by atoms with van der Waals surface area (Å²) < 4.78 is 27.0. The number of nitrogens with zero attached hydrogens (tertiary/aromatic N) is 6. The Bertz CT molecular complexity index is 1970. The summed E-state index contributed by atoms with van der Waals surface area (Å²) in [6, 6.07) is 12.1. The first-order valence-electron chi connectivity index (χ1n) is 16.3. The van der Waals surface area contributed by atoms with Crippen LogP contribution in [-0.4, -0.2) is 81.4 Å². The number of benzene rings is 2. The number of thiophene rings is 1. The Kier molecular flexibility index (Phi) is 8.72. The van der Waals surface area contributed by atoms with E-state index in [-0.39, 0.29) is 24.4 Å². The summed E-state index contributed by atoms with van der Waals surface area (Å²) in [5, 5.41) is 9.97. The lowest BCUT2D eigenvalue weighted by Gasteiger charge is -2.34. The zero-order chi connectivity index (χ0) is 32.6. The van der Waals surface area contributed by atoms with Gasteiger partial charge in [-0.1, -0.05) is 23.7 Å². The van der Waals surface area contributed by atoms with Gasteiger partial charge in [-0.05, 0) is 67.1 Å². The van der Waals surface area contributed by atoms with E-state index < -0.39 is 0 Å². The first-order chi connectivity index (χ1) is 23.5. The number of morpholine rings is 1. The van der Waals surface area contributed by atoms with E-state index in [2.05, 4.69) is 31.1 Å². The summed E-state index contributed by atoms with van der Waals surface area (Å²) in [6.07, 6.45) is 7.26. The van der Waals surface area contributed by atoms with Gasteiger partial charge in [0.25, 0.3) is 0 Å². The molecule has 0 radical (unpaired) electrons. The lowest BCUT2D eigenvalue weighted by molar-refractivity contribution is -0.134. The molecule has 1 N–H and O–H groups in total. The molecule has 2 aliphatic heterocycles. The SMILES string of the molecule is O=C(CN1CCOCC1)N1CCC(n2cc3c(n2)CCc2c-3sc3ncnc(Nc4ccc(OCc5cccc(F)c5)c(Cl)c4)c23)CC1. The number of ether oxygens (including phenoxy) is 2. The van der Waals surface area contributed by atoms with Crippen molar-refractivity contribution in [3.63, 3.8) is 0 Å². The third kappa shape index (κ3) is 6.37. The molecule has 5 heterocycles. The van der Waals surface area contributed by atoms with Gasteiger partial charge in [0.05, 0.1) is 41.9 Å². The predicted molar refractivity (Wildman–Crippen MR) is 184 cm³/mol. The maximum Gasteiger partial charge on any atom is 0.236 e. The highest BCUT2D eigenvalue weighted by atomic mass is 35.5. The third-order valence-corrected chi connectivity index (χ3v) is 10.9. The molecule has 5 aromatic rings. The van der Waals surface area contributed by atoms with Crippen molar-refractivity contribution in [1.82, 2.24) is 29.5 Å². The van der Waals surface area contributed by atoms with Crippen LogP contribution in [0.1, 0.15) is 35.7 Å². The van der Waals surface area contributed by atoms with Gasteiger partial charge in [0, 0.05) is 48.5 Å². The number of hydrogen-bond donors (Lipinski definition) is 1. The Morgan fingerprint density at radius 3 is 2.75 bits per heavy atom. The van der Waals surface area contributed by atoms with Crippen molar-refractivity contribution in [2.75, 3.05) is 51.3 Å². The van der Waals surface area contributed by atoms with Crippen molar-refractivity contribution in [3.8, 4) is 16.2 Å². The number of nitrogens with one attached hydrogen (secondary N) is 1. The number of piperidine rings is 1. The van der Waals surface area contributed by atoms with Crippen LogP contribution in [0.4, 0.5) is 15.9 Å². The fourth-order valence-corrected chi connectivity index (χ4v) is 8.28. The molecule has 0 saturated carbocycles. The summed E-state index contributed by atoms with van der Waals surface area (Å²) >= 11 is 8.26. The summed E-state index contributed by atoms with van der Waals surface area (Å²) in [4.78, 5) is 28.5. The van der Waals surface area contributed by atoms with Gasteiger partial charge in [0.1, 0.15) is 35.1 Å². The maximum atomic E-state index is 13.5. The molecule has 1 amide bonds. The van der Waals surface area contributed by atoms with Crippen LogP contribution in [0.15, 0.2) is 55.0 Å². The number of amides is 1. The van der Waals surface area contributed by atoms with Crippen molar-refractivity contribution >= 4 is 50.6 Å². The number of carbonyl (C=O) groups is 1. The second kappa shape index (κ2) is 13.4. The number of anilines is 2. The number of carbonyl (C=O) groups excluding carboxylic acids is 1. The minimum Gasteiger partial charge on any atom is -0.487 e. The summed E-state index contributed by atoms with van der Waals surface area (Å²) in [6.45, 7) is 5.23. The summed E-state index contributed by atoms with van der Waals surface area (Å²) in [5.41, 5.74) is 5.01. The molecule has 13 heteroatoms. The molecule has 0 bridgehead atoms. The normalized spacial score (nSPS) is 16.9. The fraction of sp³-hybridized carbons (Fsp3) is 0.371. The second-order valence-electron chi connectivity index (χ2n) is 12.5. The average Bonchev–Trinajstić information content (AvgIpc) is 3.71. The molecular weight excluding hydrogens is 653 g/mol. The molecule has 10 nitrogen and oxygen atoms in total. The van der Waals surface area contributed by atoms with Gasteiger partial charge in [-0.2, -0.15) is 5.10 Å². The maximum absolute atomic E-state index is 13.5. The second-order valence-corrected chi connectivity index (χ2v) is 13.9. The number of rotatable bonds is 8. The van der Waals surface area contributed by atoms with Crippen molar-refractivity contribution in [2.45, 2.75) is 38.3 Å². The number of fused-ring (bicyclic) bond motifs is 5. The van der Waals surface area contributed by atoms with Crippen LogP contribution in [0.25, 0.3) is 20.7 Å². The number of halogens is 2. The molecule has 0 spiro atoms. The minimum absolute atomic E-state index is 0.211. The minimum atomic E-state index is -0.302. The molecule has 2 fully saturated rings. The van der Waals surface area contributed by atoms with Crippen LogP contribution in [0, 0.1) is 5.82 Å². The van der Waals surface area contributed by atoms with Gasteiger partial charge in [-0.15, -0.1) is 11.3 Å². The third-order valence-electron chi connectivity index (χ3n) is 9.38. The van der Waals surface area contributed by atoms with Crippen molar-refractivity contribution in [2.24, 2.45) is 0 Å². The Morgan fingerprint density at radius 2 is 1.94 bits per heavy atom. The number of aromatic nitrogens is 4. The lowest BCUT2D eigenvalue weighted by Crippen LogP contribution is -2.47. The predicted octanol–water partition coefficient (Wildman–Crippen LogP) is 6.26. The molecule has 0 atom stereocenters. The summed E-state index contributed by atoms with van der Waals surface area (Å²) in [7, 11) is 0. The summed E-state index contributed by atoms with van der Waals surface area (Å²) in [5.74, 6) is 1.15. The van der Waals surface area contributed by atoms with E-state index in [0.29, 0.717) is 30.5 Å². The van der Waals surface area contributed by atoms with E-state index in [9.17, 15) is 9.18 Å². The number of aryl methyl sites for hydroxylation is 2. The van der Waals surface area contributed by atoms with Gasteiger partial charge in [0.15, 0.2) is 0 Å². The highest BCUT2D eigenvalue weighted by Gasteiger charge is 2.30. The van der Waals surface area contributed by atoms with Crippen molar-refractivity contribution < 1.29 is 18.7 Å². The standard InChI is InChI=1S/C35H35ClFN7O3S/c36-28-17-24(4-7-30(28)47-20-22-2-1-3-23(37)16-22)40-34-32-26-5-6-29-27(33(26)48-35(32)39-21-38-34)18-44(41-29)25-8-10-43(11-9-25)31(45)19-42-12-14-46-15-13-42/h1-4,7,16-18,21,25H,5-6,8-15,19-20H2,(H,38,39,40). The first-order valence-corrected chi connectivity index (χ1v) is 17.5. The van der Waals surface area contributed by atoms with Crippen molar-refractivity contribution in [3.05, 3.63) is 82.6 Å². The smallest absolute Gasteiger partial charge is 0.236 e. The Morgan fingerprint density at radius 1 is 1.08 bits per heavy atom. The van der Waals surface area contributed by atoms with Gasteiger partial charge < -0.3 is 19.7 Å². The van der Waals surface area contributed by atoms with Gasteiger partial charge in [-0.3, -0.25) is 14.4 Å². The van der Waals surface area contributed by atoms with Gasteiger partial charge in [0.2, 0.25) is 5.91 Å². The fourth-order valence-electron chi connectivity index (χ4n) is 6.83. The molecule has 3 aliphatic rings. The topological polar surface area (TPSA) is 97.6 Å². The van der Waals surface area contributed by atoms with Crippen LogP contribution >= 0.6 is 22.9 Å². The van der Waals surface area contributed by atoms with Crippen LogP contribution in [0.3, 0.4) is 0 Å². The van der Waals surface area contributed by atoms with Crippen LogP contribution < -0.4 is 10.1 Å². The average molecular weight is 688 g/mol. The molecule has 48 heavy (non-hydrogen) atoms.